The molecule has 0 spiro atoms. The third-order valence-corrected chi connectivity index (χ3v) is 3.50. The molecule has 0 aliphatic carbocycles. The lowest BCUT2D eigenvalue weighted by molar-refractivity contribution is -0.124. The van der Waals surface area contributed by atoms with Crippen LogP contribution < -0.4 is 10.9 Å². The molecule has 0 bridgehead atoms. The summed E-state index contributed by atoms with van der Waals surface area (Å²) in [4.78, 5) is 23.5. The first-order chi connectivity index (χ1) is 9.58. The van der Waals surface area contributed by atoms with Gasteiger partial charge in [0.15, 0.2) is 0 Å². The number of hydrogen-bond donors (Lipinski definition) is 2. The van der Waals surface area contributed by atoms with Gasteiger partial charge in [0, 0.05) is 31.3 Å². The van der Waals surface area contributed by atoms with E-state index in [4.69, 9.17) is 4.74 Å². The van der Waals surface area contributed by atoms with E-state index in [1.54, 1.807) is 10.6 Å². The number of carbonyl (C=O) groups is 1. The number of pyridine rings is 1. The lowest BCUT2D eigenvalue weighted by Crippen LogP contribution is -2.49. The van der Waals surface area contributed by atoms with Crippen molar-refractivity contribution in [1.29, 1.82) is 0 Å². The highest BCUT2D eigenvalue weighted by Crippen LogP contribution is 2.07. The van der Waals surface area contributed by atoms with Crippen molar-refractivity contribution < 1.29 is 14.6 Å². The van der Waals surface area contributed by atoms with Crippen LogP contribution in [-0.4, -0.2) is 40.9 Å². The van der Waals surface area contributed by atoms with Crippen molar-refractivity contribution in [3.63, 3.8) is 0 Å². The third-order valence-electron chi connectivity index (χ3n) is 3.50. The molecule has 2 heterocycles. The van der Waals surface area contributed by atoms with E-state index in [0.717, 1.165) is 5.69 Å². The summed E-state index contributed by atoms with van der Waals surface area (Å²) in [5.74, 6) is -0.185. The Morgan fingerprint density at radius 3 is 3.05 bits per heavy atom. The molecule has 1 aliphatic rings. The molecule has 2 N–H and O–H groups in total. The second kappa shape index (κ2) is 6.67. The van der Waals surface area contributed by atoms with Gasteiger partial charge >= 0.3 is 0 Å². The van der Waals surface area contributed by atoms with Crippen LogP contribution in [-0.2, 0) is 16.1 Å². The summed E-state index contributed by atoms with van der Waals surface area (Å²) < 4.78 is 6.79. The minimum Gasteiger partial charge on any atom is -0.391 e. The van der Waals surface area contributed by atoms with Crippen molar-refractivity contribution >= 4 is 5.91 Å². The van der Waals surface area contributed by atoms with Gasteiger partial charge in [-0.05, 0) is 19.4 Å². The number of hydrogen-bond acceptors (Lipinski definition) is 4. The molecule has 6 nitrogen and oxygen atoms in total. The minimum atomic E-state index is -0.561. The van der Waals surface area contributed by atoms with Gasteiger partial charge in [-0.1, -0.05) is 6.07 Å². The van der Waals surface area contributed by atoms with Crippen LogP contribution in [0.2, 0.25) is 0 Å². The van der Waals surface area contributed by atoms with Gasteiger partial charge in [-0.15, -0.1) is 0 Å². The molecule has 6 heteroatoms. The average molecular weight is 280 g/mol. The SMILES string of the molecule is Cc1cccc(=O)n1CCC(=O)N[C@@H]1COCC[C@H]1O. The van der Waals surface area contributed by atoms with E-state index in [9.17, 15) is 14.7 Å². The molecule has 2 rings (SSSR count). The van der Waals surface area contributed by atoms with E-state index in [2.05, 4.69) is 5.32 Å². The van der Waals surface area contributed by atoms with E-state index < -0.39 is 6.10 Å². The van der Waals surface area contributed by atoms with E-state index in [0.29, 0.717) is 26.2 Å². The number of aromatic nitrogens is 1. The number of aliphatic hydroxyl groups excluding tert-OH is 1. The Labute approximate surface area is 117 Å². The number of carbonyl (C=O) groups excluding carboxylic acids is 1. The zero-order valence-corrected chi connectivity index (χ0v) is 11.5. The van der Waals surface area contributed by atoms with Gasteiger partial charge in [0.2, 0.25) is 5.91 Å². The fourth-order valence-electron chi connectivity index (χ4n) is 2.27. The second-order valence-electron chi connectivity index (χ2n) is 5.01. The lowest BCUT2D eigenvalue weighted by atomic mass is 10.1. The topological polar surface area (TPSA) is 80.6 Å². The van der Waals surface area contributed by atoms with Crippen LogP contribution in [0.3, 0.4) is 0 Å². The standard InChI is InChI=1S/C14H20N2O4/c1-10-3-2-4-14(19)16(10)7-5-13(18)15-11-9-20-8-6-12(11)17/h2-4,11-12,17H,5-9H2,1H3,(H,15,18)/t11-,12-/m1/s1. The normalized spacial score (nSPS) is 22.5. The van der Waals surface area contributed by atoms with Gasteiger partial charge in [0.05, 0.1) is 18.8 Å². The van der Waals surface area contributed by atoms with Crippen molar-refractivity contribution in [2.24, 2.45) is 0 Å². The summed E-state index contributed by atoms with van der Waals surface area (Å²) in [6.07, 6.45) is 0.171. The Morgan fingerprint density at radius 1 is 1.55 bits per heavy atom. The summed E-state index contributed by atoms with van der Waals surface area (Å²) in [6.45, 7) is 3.02. The van der Waals surface area contributed by atoms with Crippen molar-refractivity contribution in [2.45, 2.75) is 38.5 Å². The van der Waals surface area contributed by atoms with Crippen LogP contribution in [0.5, 0.6) is 0 Å². The molecule has 1 aliphatic heterocycles. The zero-order valence-electron chi connectivity index (χ0n) is 11.5. The predicted molar refractivity (Wildman–Crippen MR) is 73.4 cm³/mol. The largest absolute Gasteiger partial charge is 0.391 e. The lowest BCUT2D eigenvalue weighted by Gasteiger charge is -2.28. The maximum Gasteiger partial charge on any atom is 0.250 e. The molecule has 1 aromatic heterocycles. The minimum absolute atomic E-state index is 0.112. The van der Waals surface area contributed by atoms with Gasteiger partial charge in [-0.2, -0.15) is 0 Å². The summed E-state index contributed by atoms with van der Waals surface area (Å²) >= 11 is 0. The Morgan fingerprint density at radius 2 is 2.35 bits per heavy atom. The predicted octanol–water partition coefficient (Wildman–Crippen LogP) is -0.187. The fourth-order valence-corrected chi connectivity index (χ4v) is 2.27. The monoisotopic (exact) mass is 280 g/mol. The van der Waals surface area contributed by atoms with Crippen LogP contribution >= 0.6 is 0 Å². The van der Waals surface area contributed by atoms with Crippen LogP contribution in [0.1, 0.15) is 18.5 Å². The van der Waals surface area contributed by atoms with E-state index >= 15 is 0 Å². The van der Waals surface area contributed by atoms with E-state index in [1.807, 2.05) is 13.0 Å². The molecule has 0 saturated carbocycles. The first-order valence-corrected chi connectivity index (χ1v) is 6.79. The Hall–Kier alpha value is -1.66. The summed E-state index contributed by atoms with van der Waals surface area (Å²) in [5.41, 5.74) is 0.713. The number of amides is 1. The van der Waals surface area contributed by atoms with Crippen molar-refractivity contribution in [2.75, 3.05) is 13.2 Å². The third kappa shape index (κ3) is 3.68. The van der Waals surface area contributed by atoms with Gasteiger partial charge in [0.25, 0.3) is 5.56 Å². The highest BCUT2D eigenvalue weighted by Gasteiger charge is 2.24. The summed E-state index contributed by atoms with van der Waals surface area (Å²) in [5, 5.41) is 12.5. The summed E-state index contributed by atoms with van der Waals surface area (Å²) in [6, 6.07) is 4.65. The molecular weight excluding hydrogens is 260 g/mol. The van der Waals surface area contributed by atoms with Gasteiger partial charge in [-0.25, -0.2) is 0 Å². The molecule has 2 atom stereocenters. The number of ether oxygens (including phenoxy) is 1. The zero-order chi connectivity index (χ0) is 14.5. The molecule has 0 radical (unpaired) electrons. The number of nitrogens with zero attached hydrogens (tertiary/aromatic N) is 1. The fraction of sp³-hybridized carbons (Fsp3) is 0.571. The smallest absolute Gasteiger partial charge is 0.250 e. The molecule has 0 aromatic carbocycles. The highest BCUT2D eigenvalue weighted by atomic mass is 16.5. The summed E-state index contributed by atoms with van der Waals surface area (Å²) in [7, 11) is 0. The number of aliphatic hydroxyl groups is 1. The van der Waals surface area contributed by atoms with Crippen molar-refractivity contribution in [1.82, 2.24) is 9.88 Å². The molecule has 1 amide bonds. The van der Waals surface area contributed by atoms with Crippen LogP contribution in [0.25, 0.3) is 0 Å². The molecule has 1 fully saturated rings. The van der Waals surface area contributed by atoms with Crippen LogP contribution in [0.15, 0.2) is 23.0 Å². The van der Waals surface area contributed by atoms with E-state index in [-0.39, 0.29) is 23.9 Å². The van der Waals surface area contributed by atoms with Crippen molar-refractivity contribution in [3.8, 4) is 0 Å². The van der Waals surface area contributed by atoms with Gasteiger partial charge in [-0.3, -0.25) is 9.59 Å². The van der Waals surface area contributed by atoms with Crippen molar-refractivity contribution in [3.05, 3.63) is 34.2 Å². The Balaban J connectivity index is 1.87. The highest BCUT2D eigenvalue weighted by molar-refractivity contribution is 5.76. The van der Waals surface area contributed by atoms with Crippen LogP contribution in [0.4, 0.5) is 0 Å². The second-order valence-corrected chi connectivity index (χ2v) is 5.01. The average Bonchev–Trinajstić information content (AvgIpc) is 2.41. The molecule has 1 saturated heterocycles. The molecule has 110 valence electrons. The Kier molecular flexibility index (Phi) is 4.92. The first kappa shape index (κ1) is 14.7. The van der Waals surface area contributed by atoms with Crippen LogP contribution in [0, 0.1) is 6.92 Å². The Bertz CT molecular complexity index is 526. The molecule has 1 aromatic rings. The number of nitrogens with one attached hydrogen (secondary N) is 1. The first-order valence-electron chi connectivity index (χ1n) is 6.79. The molecule has 20 heavy (non-hydrogen) atoms. The van der Waals surface area contributed by atoms with Gasteiger partial charge in [0.1, 0.15) is 0 Å². The quantitative estimate of drug-likeness (QED) is 0.801. The number of aryl methyl sites for hydroxylation is 1. The molecular formula is C14H20N2O4. The maximum atomic E-state index is 11.9. The molecule has 0 unspecified atom stereocenters. The maximum absolute atomic E-state index is 11.9. The van der Waals surface area contributed by atoms with E-state index in [1.165, 1.54) is 6.07 Å². The number of rotatable bonds is 4. The van der Waals surface area contributed by atoms with Gasteiger partial charge < -0.3 is 19.7 Å².